The molecule has 0 unspecified atom stereocenters. The Balaban J connectivity index is 1.71. The van der Waals surface area contributed by atoms with Crippen LogP contribution in [0.3, 0.4) is 0 Å². The van der Waals surface area contributed by atoms with Gasteiger partial charge in [0, 0.05) is 24.5 Å². The van der Waals surface area contributed by atoms with E-state index in [4.69, 9.17) is 9.84 Å². The molecule has 6 heteroatoms. The Morgan fingerprint density at radius 1 is 1.45 bits per heavy atom. The van der Waals surface area contributed by atoms with Crippen molar-refractivity contribution >= 4 is 17.3 Å². The first-order chi connectivity index (χ1) is 9.54. The summed E-state index contributed by atoms with van der Waals surface area (Å²) in [7, 11) is 0. The van der Waals surface area contributed by atoms with E-state index in [0.29, 0.717) is 6.61 Å². The minimum absolute atomic E-state index is 0.0968. The minimum Gasteiger partial charge on any atom is -0.481 e. The fourth-order valence-electron chi connectivity index (χ4n) is 2.47. The molecule has 1 aromatic rings. The molecule has 1 aliphatic heterocycles. The van der Waals surface area contributed by atoms with Crippen molar-refractivity contribution in [3.8, 4) is 0 Å². The number of carboxylic acids is 1. The third kappa shape index (κ3) is 4.54. The van der Waals surface area contributed by atoms with Crippen molar-refractivity contribution in [1.82, 2.24) is 9.88 Å². The summed E-state index contributed by atoms with van der Waals surface area (Å²) in [6, 6.07) is 0. The molecule has 20 heavy (non-hydrogen) atoms. The van der Waals surface area contributed by atoms with Crippen molar-refractivity contribution < 1.29 is 14.6 Å². The molecule has 0 atom stereocenters. The predicted octanol–water partition coefficient (Wildman–Crippen LogP) is 2.22. The van der Waals surface area contributed by atoms with Crippen LogP contribution in [0.5, 0.6) is 0 Å². The molecule has 112 valence electrons. The molecule has 1 N–H and O–H groups in total. The van der Waals surface area contributed by atoms with Gasteiger partial charge < -0.3 is 9.84 Å². The Morgan fingerprint density at radius 3 is 2.70 bits per heavy atom. The number of rotatable bonds is 6. The molecule has 5 nitrogen and oxygen atoms in total. The van der Waals surface area contributed by atoms with E-state index in [1.807, 2.05) is 6.92 Å². The summed E-state index contributed by atoms with van der Waals surface area (Å²) in [5, 5.41) is 9.71. The number of hydrogen-bond donors (Lipinski definition) is 1. The first-order valence-electron chi connectivity index (χ1n) is 7.03. The standard InChI is InChI=1S/C14H22N2O3S/c1-10-13(20-11(2)15-10)9-16-6-3-12(4-7-16)19-8-5-14(17)18/h12H,3-9H2,1-2H3,(H,17,18). The van der Waals surface area contributed by atoms with Crippen LogP contribution < -0.4 is 0 Å². The molecule has 0 saturated carbocycles. The summed E-state index contributed by atoms with van der Waals surface area (Å²) in [5.74, 6) is -0.793. The van der Waals surface area contributed by atoms with Gasteiger partial charge in [0.15, 0.2) is 0 Å². The Hall–Kier alpha value is -0.980. The Labute approximate surface area is 123 Å². The largest absolute Gasteiger partial charge is 0.481 e. The first-order valence-corrected chi connectivity index (χ1v) is 7.85. The zero-order chi connectivity index (χ0) is 14.5. The van der Waals surface area contributed by atoms with Crippen molar-refractivity contribution in [3.63, 3.8) is 0 Å². The Bertz CT molecular complexity index is 453. The minimum atomic E-state index is -0.793. The zero-order valence-electron chi connectivity index (χ0n) is 12.1. The van der Waals surface area contributed by atoms with Gasteiger partial charge in [-0.25, -0.2) is 4.98 Å². The van der Waals surface area contributed by atoms with Crippen LogP contribution in [0.2, 0.25) is 0 Å². The van der Waals surface area contributed by atoms with Crippen LogP contribution in [0, 0.1) is 13.8 Å². The number of aryl methyl sites for hydroxylation is 2. The third-order valence-corrected chi connectivity index (χ3v) is 4.63. The van der Waals surface area contributed by atoms with E-state index in [0.717, 1.165) is 43.2 Å². The zero-order valence-corrected chi connectivity index (χ0v) is 12.9. The van der Waals surface area contributed by atoms with E-state index >= 15 is 0 Å². The average molecular weight is 298 g/mol. The lowest BCUT2D eigenvalue weighted by atomic mass is 10.1. The maximum Gasteiger partial charge on any atom is 0.305 e. The Kier molecular flexibility index (Phi) is 5.51. The molecule has 1 aromatic heterocycles. The number of likely N-dealkylation sites (tertiary alicyclic amines) is 1. The van der Waals surface area contributed by atoms with E-state index < -0.39 is 5.97 Å². The van der Waals surface area contributed by atoms with Gasteiger partial charge in [-0.2, -0.15) is 0 Å². The third-order valence-electron chi connectivity index (χ3n) is 3.57. The van der Waals surface area contributed by atoms with Crippen molar-refractivity contribution in [2.75, 3.05) is 19.7 Å². The molecule has 0 amide bonds. The van der Waals surface area contributed by atoms with Gasteiger partial charge in [-0.05, 0) is 26.7 Å². The van der Waals surface area contributed by atoms with E-state index in [1.54, 1.807) is 11.3 Å². The van der Waals surface area contributed by atoms with Gasteiger partial charge >= 0.3 is 5.97 Å². The lowest BCUT2D eigenvalue weighted by Crippen LogP contribution is -2.36. The Morgan fingerprint density at radius 2 is 2.15 bits per heavy atom. The van der Waals surface area contributed by atoms with Gasteiger partial charge in [-0.3, -0.25) is 9.69 Å². The molecule has 0 spiro atoms. The van der Waals surface area contributed by atoms with Crippen LogP contribution in [-0.4, -0.2) is 46.8 Å². The van der Waals surface area contributed by atoms with Crippen LogP contribution in [0.15, 0.2) is 0 Å². The number of aromatic nitrogens is 1. The number of aliphatic carboxylic acids is 1. The van der Waals surface area contributed by atoms with Gasteiger partial charge in [0.25, 0.3) is 0 Å². The number of piperidine rings is 1. The lowest BCUT2D eigenvalue weighted by molar-refractivity contribution is -0.138. The normalized spacial score (nSPS) is 17.5. The summed E-state index contributed by atoms with van der Waals surface area (Å²) in [6.45, 7) is 7.43. The smallest absolute Gasteiger partial charge is 0.305 e. The van der Waals surface area contributed by atoms with Gasteiger partial charge in [-0.1, -0.05) is 0 Å². The first kappa shape index (κ1) is 15.4. The summed E-state index contributed by atoms with van der Waals surface area (Å²) >= 11 is 1.78. The highest BCUT2D eigenvalue weighted by Gasteiger charge is 2.21. The van der Waals surface area contributed by atoms with Crippen molar-refractivity contribution in [2.24, 2.45) is 0 Å². The number of thiazole rings is 1. The molecule has 2 heterocycles. The molecule has 1 saturated heterocycles. The molecule has 0 aromatic carbocycles. The molecule has 0 bridgehead atoms. The molecule has 1 aliphatic rings. The number of carboxylic acid groups (broad SMARTS) is 1. The molecular weight excluding hydrogens is 276 g/mol. The topological polar surface area (TPSA) is 62.7 Å². The number of carbonyl (C=O) groups is 1. The van der Waals surface area contributed by atoms with Crippen LogP contribution in [0.1, 0.15) is 34.8 Å². The van der Waals surface area contributed by atoms with Crippen LogP contribution in [0.4, 0.5) is 0 Å². The van der Waals surface area contributed by atoms with Crippen LogP contribution in [0.25, 0.3) is 0 Å². The van der Waals surface area contributed by atoms with Gasteiger partial charge in [-0.15, -0.1) is 11.3 Å². The summed E-state index contributed by atoms with van der Waals surface area (Å²) in [5.41, 5.74) is 1.15. The highest BCUT2D eigenvalue weighted by molar-refractivity contribution is 7.11. The average Bonchev–Trinajstić information content (AvgIpc) is 2.69. The van der Waals surface area contributed by atoms with E-state index in [-0.39, 0.29) is 12.5 Å². The maximum absolute atomic E-state index is 10.4. The molecule has 0 radical (unpaired) electrons. The van der Waals surface area contributed by atoms with Gasteiger partial charge in [0.05, 0.1) is 29.8 Å². The van der Waals surface area contributed by atoms with E-state index in [1.165, 1.54) is 4.88 Å². The summed E-state index contributed by atoms with van der Waals surface area (Å²) < 4.78 is 5.60. The number of hydrogen-bond acceptors (Lipinski definition) is 5. The predicted molar refractivity (Wildman–Crippen MR) is 78.1 cm³/mol. The number of nitrogens with zero attached hydrogens (tertiary/aromatic N) is 2. The van der Waals surface area contributed by atoms with Crippen LogP contribution in [-0.2, 0) is 16.1 Å². The molecular formula is C14H22N2O3S. The summed E-state index contributed by atoms with van der Waals surface area (Å²) in [4.78, 5) is 18.7. The highest BCUT2D eigenvalue weighted by Crippen LogP contribution is 2.22. The molecule has 2 rings (SSSR count). The maximum atomic E-state index is 10.4. The molecule has 0 aliphatic carbocycles. The lowest BCUT2D eigenvalue weighted by Gasteiger charge is -2.31. The second-order valence-electron chi connectivity index (χ2n) is 5.23. The van der Waals surface area contributed by atoms with Crippen molar-refractivity contribution in [1.29, 1.82) is 0 Å². The van der Waals surface area contributed by atoms with Gasteiger partial charge in [0.2, 0.25) is 0 Å². The number of ether oxygens (including phenoxy) is 1. The highest BCUT2D eigenvalue weighted by atomic mass is 32.1. The fourth-order valence-corrected chi connectivity index (χ4v) is 3.45. The SMILES string of the molecule is Cc1nc(C)c(CN2CCC(OCCC(=O)O)CC2)s1. The van der Waals surface area contributed by atoms with Crippen molar-refractivity contribution in [3.05, 3.63) is 15.6 Å². The quantitative estimate of drug-likeness (QED) is 0.872. The van der Waals surface area contributed by atoms with E-state index in [2.05, 4.69) is 16.8 Å². The van der Waals surface area contributed by atoms with Crippen LogP contribution >= 0.6 is 11.3 Å². The molecule has 1 fully saturated rings. The fraction of sp³-hybridized carbons (Fsp3) is 0.714. The van der Waals surface area contributed by atoms with Crippen molar-refractivity contribution in [2.45, 2.75) is 45.8 Å². The summed E-state index contributed by atoms with van der Waals surface area (Å²) in [6.07, 6.45) is 2.28. The van der Waals surface area contributed by atoms with Gasteiger partial charge in [0.1, 0.15) is 0 Å². The second-order valence-corrected chi connectivity index (χ2v) is 6.52. The second kappa shape index (κ2) is 7.15. The van der Waals surface area contributed by atoms with E-state index in [9.17, 15) is 4.79 Å². The monoisotopic (exact) mass is 298 g/mol.